The molecule has 0 aliphatic heterocycles. The third-order valence-corrected chi connectivity index (χ3v) is 4.50. The third-order valence-electron chi connectivity index (χ3n) is 3.23. The molecule has 0 aliphatic carbocycles. The summed E-state index contributed by atoms with van der Waals surface area (Å²) in [6.07, 6.45) is 0.490. The summed E-state index contributed by atoms with van der Waals surface area (Å²) in [4.78, 5) is 13.1. The maximum absolute atomic E-state index is 12.4. The molecule has 0 spiro atoms. The number of aliphatic hydroxyl groups is 1. The van der Waals surface area contributed by atoms with Gasteiger partial charge in [0.1, 0.15) is 0 Å². The van der Waals surface area contributed by atoms with Gasteiger partial charge in [0.2, 0.25) is 0 Å². The molecular formula is C15H19NO3S. The fraction of sp³-hybridized carbons (Fsp3) is 0.400. The van der Waals surface area contributed by atoms with E-state index in [-0.39, 0.29) is 18.6 Å². The molecule has 0 aliphatic rings. The number of nitrogens with one attached hydrogen (secondary N) is 1. The lowest BCUT2D eigenvalue weighted by molar-refractivity contribution is 0.0882. The van der Waals surface area contributed by atoms with Gasteiger partial charge in [0.05, 0.1) is 17.5 Å². The summed E-state index contributed by atoms with van der Waals surface area (Å²) in [6, 6.07) is 7.83. The zero-order valence-corrected chi connectivity index (χ0v) is 12.5. The van der Waals surface area contributed by atoms with Crippen LogP contribution in [-0.2, 0) is 4.74 Å². The van der Waals surface area contributed by atoms with E-state index in [0.717, 1.165) is 20.5 Å². The molecule has 5 heteroatoms. The number of benzene rings is 1. The van der Waals surface area contributed by atoms with E-state index in [0.29, 0.717) is 13.0 Å². The molecule has 1 amide bonds. The van der Waals surface area contributed by atoms with E-state index < -0.39 is 0 Å². The van der Waals surface area contributed by atoms with E-state index in [1.807, 2.05) is 31.2 Å². The first-order chi connectivity index (χ1) is 9.67. The zero-order valence-electron chi connectivity index (χ0n) is 11.7. The molecular weight excluding hydrogens is 274 g/mol. The van der Waals surface area contributed by atoms with Crippen molar-refractivity contribution in [3.8, 4) is 0 Å². The SMILES string of the molecule is COCC(CCO)NC(=O)c1sc2ccccc2c1C. The fourth-order valence-corrected chi connectivity index (χ4v) is 3.31. The van der Waals surface area contributed by atoms with Crippen LogP contribution in [0.4, 0.5) is 0 Å². The lowest BCUT2D eigenvalue weighted by Gasteiger charge is -2.16. The Labute approximate surface area is 122 Å². The minimum absolute atomic E-state index is 0.0275. The second-order valence-electron chi connectivity index (χ2n) is 4.69. The molecule has 0 saturated carbocycles. The average Bonchev–Trinajstić information content (AvgIpc) is 2.77. The van der Waals surface area contributed by atoms with Crippen LogP contribution in [0.15, 0.2) is 24.3 Å². The number of hydrogen-bond acceptors (Lipinski definition) is 4. The number of rotatable bonds is 6. The summed E-state index contributed by atoms with van der Waals surface area (Å²) in [5.41, 5.74) is 1.00. The Morgan fingerprint density at radius 3 is 2.85 bits per heavy atom. The molecule has 108 valence electrons. The maximum atomic E-state index is 12.4. The standard InChI is InChI=1S/C15H19NO3S/c1-10-12-5-3-4-6-13(12)20-14(10)15(18)16-11(7-8-17)9-19-2/h3-6,11,17H,7-9H2,1-2H3,(H,16,18). The molecule has 2 N–H and O–H groups in total. The summed E-state index contributed by atoms with van der Waals surface area (Å²) in [5, 5.41) is 13.1. The lowest BCUT2D eigenvalue weighted by Crippen LogP contribution is -2.38. The van der Waals surface area contributed by atoms with Crippen molar-refractivity contribution in [3.63, 3.8) is 0 Å². The highest BCUT2D eigenvalue weighted by Crippen LogP contribution is 2.30. The fourth-order valence-electron chi connectivity index (χ4n) is 2.20. The van der Waals surface area contributed by atoms with Crippen LogP contribution in [0.3, 0.4) is 0 Å². The Bertz CT molecular complexity index is 588. The highest BCUT2D eigenvalue weighted by atomic mass is 32.1. The Morgan fingerprint density at radius 2 is 2.20 bits per heavy atom. The number of carbonyl (C=O) groups is 1. The first-order valence-electron chi connectivity index (χ1n) is 6.56. The Kier molecular flexibility index (Phi) is 5.11. The van der Waals surface area contributed by atoms with Crippen molar-refractivity contribution in [2.24, 2.45) is 0 Å². The molecule has 0 radical (unpaired) electrons. The summed E-state index contributed by atoms with van der Waals surface area (Å²) in [5.74, 6) is -0.0980. The smallest absolute Gasteiger partial charge is 0.261 e. The summed E-state index contributed by atoms with van der Waals surface area (Å²) < 4.78 is 6.17. The molecule has 4 nitrogen and oxygen atoms in total. The van der Waals surface area contributed by atoms with Gasteiger partial charge < -0.3 is 15.2 Å². The Morgan fingerprint density at radius 1 is 1.45 bits per heavy atom. The number of amides is 1. The Balaban J connectivity index is 2.20. The first-order valence-corrected chi connectivity index (χ1v) is 7.37. The number of methoxy groups -OCH3 is 1. The minimum Gasteiger partial charge on any atom is -0.396 e. The van der Waals surface area contributed by atoms with Crippen LogP contribution in [0.1, 0.15) is 21.7 Å². The molecule has 2 aromatic rings. The second kappa shape index (κ2) is 6.83. The van der Waals surface area contributed by atoms with E-state index in [1.54, 1.807) is 7.11 Å². The predicted octanol–water partition coefficient (Wildman–Crippen LogP) is 2.34. The normalized spacial score (nSPS) is 12.6. The van der Waals surface area contributed by atoms with Gasteiger partial charge in [0.15, 0.2) is 0 Å². The molecule has 20 heavy (non-hydrogen) atoms. The Hall–Kier alpha value is -1.43. The molecule has 2 rings (SSSR count). The van der Waals surface area contributed by atoms with Gasteiger partial charge in [-0.05, 0) is 30.4 Å². The quantitative estimate of drug-likeness (QED) is 0.859. The molecule has 1 unspecified atom stereocenters. The van der Waals surface area contributed by atoms with E-state index in [1.165, 1.54) is 11.3 Å². The summed E-state index contributed by atoms with van der Waals surface area (Å²) in [7, 11) is 1.58. The number of ether oxygens (including phenoxy) is 1. The van der Waals surface area contributed by atoms with Crippen LogP contribution >= 0.6 is 11.3 Å². The first kappa shape index (κ1) is 15.0. The van der Waals surface area contributed by atoms with Crippen molar-refractivity contribution < 1.29 is 14.6 Å². The predicted molar refractivity (Wildman–Crippen MR) is 81.4 cm³/mol. The van der Waals surface area contributed by atoms with Gasteiger partial charge in [-0.15, -0.1) is 11.3 Å². The number of aliphatic hydroxyl groups excluding tert-OH is 1. The van der Waals surface area contributed by atoms with Crippen molar-refractivity contribution in [2.75, 3.05) is 20.3 Å². The highest BCUT2D eigenvalue weighted by Gasteiger charge is 2.18. The van der Waals surface area contributed by atoms with Gasteiger partial charge in [0.25, 0.3) is 5.91 Å². The van der Waals surface area contributed by atoms with Crippen molar-refractivity contribution in [2.45, 2.75) is 19.4 Å². The molecule has 1 heterocycles. The van der Waals surface area contributed by atoms with Crippen LogP contribution < -0.4 is 5.32 Å². The largest absolute Gasteiger partial charge is 0.396 e. The maximum Gasteiger partial charge on any atom is 0.261 e. The summed E-state index contributed by atoms with van der Waals surface area (Å²) in [6.45, 7) is 2.39. The molecule has 1 atom stereocenters. The van der Waals surface area contributed by atoms with E-state index in [9.17, 15) is 4.79 Å². The molecule has 0 saturated heterocycles. The molecule has 0 bridgehead atoms. The minimum atomic E-state index is -0.165. The van der Waals surface area contributed by atoms with Crippen LogP contribution in [-0.4, -0.2) is 37.4 Å². The second-order valence-corrected chi connectivity index (χ2v) is 5.74. The van der Waals surface area contributed by atoms with Gasteiger partial charge in [-0.3, -0.25) is 4.79 Å². The monoisotopic (exact) mass is 293 g/mol. The van der Waals surface area contributed by atoms with E-state index in [2.05, 4.69) is 5.32 Å². The van der Waals surface area contributed by atoms with Crippen molar-refractivity contribution in [1.82, 2.24) is 5.32 Å². The highest BCUT2D eigenvalue weighted by molar-refractivity contribution is 7.21. The topological polar surface area (TPSA) is 58.6 Å². The van der Waals surface area contributed by atoms with Crippen LogP contribution in [0.2, 0.25) is 0 Å². The average molecular weight is 293 g/mol. The molecule has 1 aromatic heterocycles. The van der Waals surface area contributed by atoms with Crippen LogP contribution in [0.25, 0.3) is 10.1 Å². The summed E-state index contributed by atoms with van der Waals surface area (Å²) >= 11 is 1.49. The van der Waals surface area contributed by atoms with Crippen molar-refractivity contribution >= 4 is 27.3 Å². The number of fused-ring (bicyclic) bond motifs is 1. The van der Waals surface area contributed by atoms with Crippen LogP contribution in [0.5, 0.6) is 0 Å². The van der Waals surface area contributed by atoms with Gasteiger partial charge in [0, 0.05) is 18.4 Å². The number of aryl methyl sites for hydroxylation is 1. The van der Waals surface area contributed by atoms with E-state index in [4.69, 9.17) is 9.84 Å². The van der Waals surface area contributed by atoms with Crippen molar-refractivity contribution in [1.29, 1.82) is 0 Å². The molecule has 1 aromatic carbocycles. The van der Waals surface area contributed by atoms with Crippen LogP contribution in [0, 0.1) is 6.92 Å². The molecule has 0 fully saturated rings. The number of thiophene rings is 1. The number of carbonyl (C=O) groups excluding carboxylic acids is 1. The van der Waals surface area contributed by atoms with E-state index >= 15 is 0 Å². The van der Waals surface area contributed by atoms with Gasteiger partial charge in [-0.1, -0.05) is 18.2 Å². The third kappa shape index (κ3) is 3.17. The zero-order chi connectivity index (χ0) is 14.5. The lowest BCUT2D eigenvalue weighted by atomic mass is 10.1. The number of hydrogen-bond donors (Lipinski definition) is 2. The van der Waals surface area contributed by atoms with Gasteiger partial charge in [-0.25, -0.2) is 0 Å². The van der Waals surface area contributed by atoms with Crippen molar-refractivity contribution in [3.05, 3.63) is 34.7 Å². The van der Waals surface area contributed by atoms with Gasteiger partial charge >= 0.3 is 0 Å². The van der Waals surface area contributed by atoms with Gasteiger partial charge in [-0.2, -0.15) is 0 Å².